The largest absolute Gasteiger partial charge is 0.379 e. The molecule has 80 valence electrons. The van der Waals surface area contributed by atoms with E-state index in [9.17, 15) is 0 Å². The van der Waals surface area contributed by atoms with Crippen LogP contribution in [0, 0.1) is 0 Å². The second-order valence-corrected chi connectivity index (χ2v) is 5.25. The molecule has 0 saturated heterocycles. The molecule has 0 aliphatic rings. The first-order valence-corrected chi connectivity index (χ1v) is 6.00. The molecule has 0 amide bonds. The van der Waals surface area contributed by atoms with Crippen LogP contribution in [0.15, 0.2) is 6.07 Å². The highest BCUT2D eigenvalue weighted by atomic mass is 35.5. The molecule has 1 aromatic heterocycles. The molecule has 0 aliphatic heterocycles. The molecule has 2 nitrogen and oxygen atoms in total. The maximum atomic E-state index is 5.95. The number of halogens is 2. The maximum Gasteiger partial charge on any atom is 0.0992 e. The average Bonchev–Trinajstić information content (AvgIpc) is 2.45. The molecule has 5 heteroatoms. The van der Waals surface area contributed by atoms with Crippen molar-refractivity contribution in [2.45, 2.75) is 19.4 Å². The average molecular weight is 254 g/mol. The standard InChI is InChI=1S/C9H13Cl2NOS/c1-2-3-13-5-7(12)6-4-8(10)14-9(6)11/h4,7H,2-3,5,12H2,1H3. The molecule has 0 fully saturated rings. The molecule has 0 bridgehead atoms. The highest BCUT2D eigenvalue weighted by Gasteiger charge is 2.13. The third-order valence-electron chi connectivity index (χ3n) is 1.73. The van der Waals surface area contributed by atoms with Gasteiger partial charge in [-0.2, -0.15) is 0 Å². The Morgan fingerprint density at radius 3 is 2.79 bits per heavy atom. The highest BCUT2D eigenvalue weighted by molar-refractivity contribution is 7.20. The van der Waals surface area contributed by atoms with E-state index >= 15 is 0 Å². The van der Waals surface area contributed by atoms with E-state index in [0.717, 1.165) is 18.6 Å². The van der Waals surface area contributed by atoms with Crippen molar-refractivity contribution >= 4 is 34.5 Å². The number of thiophene rings is 1. The first-order chi connectivity index (χ1) is 6.65. The van der Waals surface area contributed by atoms with Crippen LogP contribution in [0.25, 0.3) is 0 Å². The summed E-state index contributed by atoms with van der Waals surface area (Å²) in [6, 6.07) is 1.62. The van der Waals surface area contributed by atoms with Gasteiger partial charge in [0.15, 0.2) is 0 Å². The van der Waals surface area contributed by atoms with Gasteiger partial charge in [-0.3, -0.25) is 0 Å². The minimum atomic E-state index is -0.183. The van der Waals surface area contributed by atoms with Crippen molar-refractivity contribution in [3.8, 4) is 0 Å². The lowest BCUT2D eigenvalue weighted by Crippen LogP contribution is -2.17. The summed E-state index contributed by atoms with van der Waals surface area (Å²) in [5, 5.41) is 0. The Kier molecular flexibility index (Phi) is 5.20. The Morgan fingerprint density at radius 1 is 1.57 bits per heavy atom. The van der Waals surface area contributed by atoms with Crippen molar-refractivity contribution in [2.75, 3.05) is 13.2 Å². The van der Waals surface area contributed by atoms with E-state index in [1.54, 1.807) is 6.07 Å². The number of nitrogens with two attached hydrogens (primary N) is 1. The summed E-state index contributed by atoms with van der Waals surface area (Å²) in [4.78, 5) is 0. The summed E-state index contributed by atoms with van der Waals surface area (Å²) < 4.78 is 6.66. The van der Waals surface area contributed by atoms with Gasteiger partial charge in [-0.25, -0.2) is 0 Å². The van der Waals surface area contributed by atoms with Gasteiger partial charge in [0.2, 0.25) is 0 Å². The van der Waals surface area contributed by atoms with Gasteiger partial charge in [-0.1, -0.05) is 30.1 Å². The number of rotatable bonds is 5. The first-order valence-electron chi connectivity index (χ1n) is 4.43. The Hall–Kier alpha value is 0.200. The van der Waals surface area contributed by atoms with E-state index in [-0.39, 0.29) is 6.04 Å². The van der Waals surface area contributed by atoms with E-state index in [4.69, 9.17) is 33.7 Å². The van der Waals surface area contributed by atoms with E-state index < -0.39 is 0 Å². The predicted octanol–water partition coefficient (Wildman–Crippen LogP) is 3.48. The van der Waals surface area contributed by atoms with Gasteiger partial charge in [-0.15, -0.1) is 11.3 Å². The van der Waals surface area contributed by atoms with E-state index in [1.807, 2.05) is 0 Å². The van der Waals surface area contributed by atoms with Gasteiger partial charge < -0.3 is 10.5 Å². The molecule has 1 unspecified atom stereocenters. The third kappa shape index (κ3) is 3.41. The van der Waals surface area contributed by atoms with E-state index in [1.165, 1.54) is 11.3 Å². The minimum Gasteiger partial charge on any atom is -0.379 e. The van der Waals surface area contributed by atoms with Crippen LogP contribution in [0.1, 0.15) is 24.9 Å². The summed E-state index contributed by atoms with van der Waals surface area (Å²) >= 11 is 13.1. The fourth-order valence-electron chi connectivity index (χ4n) is 1.05. The van der Waals surface area contributed by atoms with Crippen molar-refractivity contribution < 1.29 is 4.74 Å². The molecule has 2 N–H and O–H groups in total. The lowest BCUT2D eigenvalue weighted by Gasteiger charge is -2.10. The smallest absolute Gasteiger partial charge is 0.0992 e. The van der Waals surface area contributed by atoms with Crippen molar-refractivity contribution in [3.63, 3.8) is 0 Å². The molecule has 1 atom stereocenters. The van der Waals surface area contributed by atoms with Crippen LogP contribution in [-0.4, -0.2) is 13.2 Å². The van der Waals surface area contributed by atoms with E-state index in [0.29, 0.717) is 15.3 Å². The van der Waals surface area contributed by atoms with Crippen LogP contribution >= 0.6 is 34.5 Å². The second kappa shape index (κ2) is 5.93. The molecule has 0 spiro atoms. The van der Waals surface area contributed by atoms with Crippen molar-refractivity contribution in [1.82, 2.24) is 0 Å². The van der Waals surface area contributed by atoms with Gasteiger partial charge in [0.1, 0.15) is 0 Å². The van der Waals surface area contributed by atoms with Gasteiger partial charge in [-0.05, 0) is 12.5 Å². The van der Waals surface area contributed by atoms with E-state index in [2.05, 4.69) is 6.92 Å². The molecule has 1 heterocycles. The highest BCUT2D eigenvalue weighted by Crippen LogP contribution is 2.34. The SMILES string of the molecule is CCCOCC(N)c1cc(Cl)sc1Cl. The lowest BCUT2D eigenvalue weighted by molar-refractivity contribution is 0.122. The van der Waals surface area contributed by atoms with Crippen LogP contribution in [0.4, 0.5) is 0 Å². The van der Waals surface area contributed by atoms with Crippen LogP contribution < -0.4 is 5.73 Å². The van der Waals surface area contributed by atoms with Gasteiger partial charge in [0, 0.05) is 12.2 Å². The lowest BCUT2D eigenvalue weighted by atomic mass is 10.2. The van der Waals surface area contributed by atoms with Gasteiger partial charge in [0.25, 0.3) is 0 Å². The van der Waals surface area contributed by atoms with Crippen LogP contribution in [0.5, 0.6) is 0 Å². The zero-order valence-electron chi connectivity index (χ0n) is 7.93. The zero-order valence-corrected chi connectivity index (χ0v) is 10.3. The Bertz CT molecular complexity index is 290. The summed E-state index contributed by atoms with van der Waals surface area (Å²) in [5.74, 6) is 0. The molecule has 1 rings (SSSR count). The van der Waals surface area contributed by atoms with Crippen LogP contribution in [-0.2, 0) is 4.74 Å². The fraction of sp³-hybridized carbons (Fsp3) is 0.556. The summed E-state index contributed by atoms with van der Waals surface area (Å²) in [6.45, 7) is 3.27. The Morgan fingerprint density at radius 2 is 2.29 bits per heavy atom. The molecular weight excluding hydrogens is 241 g/mol. The summed E-state index contributed by atoms with van der Waals surface area (Å²) in [7, 11) is 0. The van der Waals surface area contributed by atoms with Gasteiger partial charge >= 0.3 is 0 Å². The Labute approximate surface area is 98.0 Å². The normalized spacial score (nSPS) is 13.1. The predicted molar refractivity (Wildman–Crippen MR) is 62.4 cm³/mol. The molecule has 1 aromatic rings. The van der Waals surface area contributed by atoms with Crippen molar-refractivity contribution in [3.05, 3.63) is 20.3 Å². The summed E-state index contributed by atoms with van der Waals surface area (Å²) in [5.41, 5.74) is 6.76. The third-order valence-corrected chi connectivity index (χ3v) is 3.25. The quantitative estimate of drug-likeness (QED) is 0.816. The molecule has 0 aromatic carbocycles. The Balaban J connectivity index is 2.51. The number of hydrogen-bond donors (Lipinski definition) is 1. The first kappa shape index (κ1) is 12.3. The molecular formula is C9H13Cl2NOS. The summed E-state index contributed by atoms with van der Waals surface area (Å²) in [6.07, 6.45) is 0.991. The minimum absolute atomic E-state index is 0.183. The van der Waals surface area contributed by atoms with Crippen molar-refractivity contribution in [1.29, 1.82) is 0 Å². The number of ether oxygens (including phenoxy) is 1. The van der Waals surface area contributed by atoms with Crippen molar-refractivity contribution in [2.24, 2.45) is 5.73 Å². The molecule has 0 aliphatic carbocycles. The number of hydrogen-bond acceptors (Lipinski definition) is 3. The molecule has 14 heavy (non-hydrogen) atoms. The fourth-order valence-corrected chi connectivity index (χ4v) is 2.65. The zero-order chi connectivity index (χ0) is 10.6. The monoisotopic (exact) mass is 253 g/mol. The topological polar surface area (TPSA) is 35.2 Å². The molecule has 0 radical (unpaired) electrons. The molecule has 0 saturated carbocycles. The van der Waals surface area contributed by atoms with Crippen LogP contribution in [0.2, 0.25) is 8.67 Å². The van der Waals surface area contributed by atoms with Crippen LogP contribution in [0.3, 0.4) is 0 Å². The second-order valence-electron chi connectivity index (χ2n) is 2.96. The maximum absolute atomic E-state index is 5.95. The van der Waals surface area contributed by atoms with Gasteiger partial charge in [0.05, 0.1) is 21.3 Å².